The van der Waals surface area contributed by atoms with Gasteiger partial charge in [0.25, 0.3) is 5.91 Å². The molecule has 0 atom stereocenters. The summed E-state index contributed by atoms with van der Waals surface area (Å²) < 4.78 is 5.14. The lowest BCUT2D eigenvalue weighted by Crippen LogP contribution is -3.13. The first-order valence-corrected chi connectivity index (χ1v) is 8.07. The van der Waals surface area contributed by atoms with Crippen LogP contribution >= 0.6 is 0 Å². The number of nitrogens with zero attached hydrogens (tertiary/aromatic N) is 1. The summed E-state index contributed by atoms with van der Waals surface area (Å²) in [6.45, 7) is 4.65. The highest BCUT2D eigenvalue weighted by Crippen LogP contribution is 2.13. The number of hydrogen-bond donors (Lipinski definition) is 1. The van der Waals surface area contributed by atoms with Gasteiger partial charge in [-0.3, -0.25) is 4.79 Å². The third-order valence-electron chi connectivity index (χ3n) is 4.39. The molecule has 1 N–H and O–H groups in total. The minimum absolute atomic E-state index is 0. The summed E-state index contributed by atoms with van der Waals surface area (Å²) >= 11 is 0. The first-order chi connectivity index (χ1) is 11.3. The molecule has 1 aliphatic rings. The predicted octanol–water partition coefficient (Wildman–Crippen LogP) is -1.76. The lowest BCUT2D eigenvalue weighted by molar-refractivity contribution is -0.917. The van der Waals surface area contributed by atoms with E-state index in [2.05, 4.69) is 24.3 Å². The summed E-state index contributed by atoms with van der Waals surface area (Å²) in [5.74, 6) is 0.894. The zero-order valence-corrected chi connectivity index (χ0v) is 14.6. The van der Waals surface area contributed by atoms with Crippen molar-refractivity contribution in [2.45, 2.75) is 6.54 Å². The van der Waals surface area contributed by atoms with E-state index in [0.29, 0.717) is 0 Å². The first kappa shape index (κ1) is 18.3. The summed E-state index contributed by atoms with van der Waals surface area (Å²) in [6, 6.07) is 17.9. The maximum atomic E-state index is 12.5. The van der Waals surface area contributed by atoms with E-state index in [1.807, 2.05) is 35.2 Å². The highest BCUT2D eigenvalue weighted by molar-refractivity contribution is 5.94. The van der Waals surface area contributed by atoms with Gasteiger partial charge in [-0.05, 0) is 24.3 Å². The van der Waals surface area contributed by atoms with Crippen molar-refractivity contribution < 1.29 is 26.8 Å². The second-order valence-electron chi connectivity index (χ2n) is 5.93. The van der Waals surface area contributed by atoms with Gasteiger partial charge in [-0.15, -0.1) is 0 Å². The van der Waals surface area contributed by atoms with Crippen molar-refractivity contribution in [3.8, 4) is 5.75 Å². The highest BCUT2D eigenvalue weighted by atomic mass is 35.5. The molecule has 0 aliphatic carbocycles. The molecule has 0 radical (unpaired) electrons. The predicted molar refractivity (Wildman–Crippen MR) is 89.7 cm³/mol. The Balaban J connectivity index is 0.00000208. The fraction of sp³-hybridized carbons (Fsp3) is 0.316. The number of rotatable bonds is 4. The van der Waals surface area contributed by atoms with Gasteiger partial charge in [0, 0.05) is 11.1 Å². The lowest BCUT2D eigenvalue weighted by Gasteiger charge is -2.32. The Hall–Kier alpha value is -2.04. The van der Waals surface area contributed by atoms with Crippen molar-refractivity contribution >= 4 is 5.91 Å². The van der Waals surface area contributed by atoms with Gasteiger partial charge in [0.2, 0.25) is 0 Å². The minimum atomic E-state index is 0. The molecular formula is C19H23ClN2O2. The normalized spacial score (nSPS) is 14.8. The van der Waals surface area contributed by atoms with E-state index in [1.54, 1.807) is 7.11 Å². The van der Waals surface area contributed by atoms with E-state index in [-0.39, 0.29) is 18.3 Å². The Morgan fingerprint density at radius 1 is 1.04 bits per heavy atom. The number of carbonyl (C=O) groups is 1. The quantitative estimate of drug-likeness (QED) is 0.712. The molecule has 24 heavy (non-hydrogen) atoms. The largest absolute Gasteiger partial charge is 1.00 e. The van der Waals surface area contributed by atoms with Gasteiger partial charge in [-0.25, -0.2) is 0 Å². The van der Waals surface area contributed by atoms with Crippen LogP contribution in [0.4, 0.5) is 0 Å². The van der Waals surface area contributed by atoms with Crippen molar-refractivity contribution in [1.29, 1.82) is 0 Å². The average Bonchev–Trinajstić information content (AvgIpc) is 2.63. The summed E-state index contributed by atoms with van der Waals surface area (Å²) in [7, 11) is 1.63. The molecule has 1 amide bonds. The van der Waals surface area contributed by atoms with Gasteiger partial charge in [-0.2, -0.15) is 0 Å². The van der Waals surface area contributed by atoms with Gasteiger partial charge in [0.1, 0.15) is 12.3 Å². The maximum absolute atomic E-state index is 12.5. The Morgan fingerprint density at radius 3 is 2.25 bits per heavy atom. The van der Waals surface area contributed by atoms with Crippen LogP contribution in [-0.4, -0.2) is 44.1 Å². The SMILES string of the molecule is COc1ccc(C(=O)N2CC[NH+](Cc3ccccc3)CC2)cc1.[Cl-]. The molecule has 0 bridgehead atoms. The summed E-state index contributed by atoms with van der Waals surface area (Å²) in [5, 5.41) is 0. The van der Waals surface area contributed by atoms with Crippen LogP contribution in [0.15, 0.2) is 54.6 Å². The van der Waals surface area contributed by atoms with Crippen molar-refractivity contribution in [2.75, 3.05) is 33.3 Å². The standard InChI is InChI=1S/C19H22N2O2.ClH/c1-23-18-9-7-17(8-10-18)19(22)21-13-11-20(12-14-21)15-16-5-3-2-4-6-16;/h2-10H,11-15H2,1H3;1H. The van der Waals surface area contributed by atoms with Gasteiger partial charge < -0.3 is 26.9 Å². The van der Waals surface area contributed by atoms with Crippen LogP contribution in [0.1, 0.15) is 15.9 Å². The fourth-order valence-electron chi connectivity index (χ4n) is 3.00. The first-order valence-electron chi connectivity index (χ1n) is 8.07. The number of ether oxygens (including phenoxy) is 1. The van der Waals surface area contributed by atoms with Crippen molar-refractivity contribution in [2.24, 2.45) is 0 Å². The topological polar surface area (TPSA) is 34.0 Å². The average molecular weight is 347 g/mol. The van der Waals surface area contributed by atoms with Gasteiger partial charge in [0.15, 0.2) is 0 Å². The van der Waals surface area contributed by atoms with Crippen LogP contribution in [0.25, 0.3) is 0 Å². The molecule has 0 unspecified atom stereocenters. The Morgan fingerprint density at radius 2 is 1.67 bits per heavy atom. The van der Waals surface area contributed by atoms with Crippen molar-refractivity contribution in [3.05, 3.63) is 65.7 Å². The zero-order chi connectivity index (χ0) is 16.1. The molecule has 1 aliphatic heterocycles. The molecule has 1 heterocycles. The number of quaternary nitrogens is 1. The number of piperazine rings is 1. The minimum Gasteiger partial charge on any atom is -1.00 e. The van der Waals surface area contributed by atoms with Gasteiger partial charge >= 0.3 is 0 Å². The van der Waals surface area contributed by atoms with E-state index < -0.39 is 0 Å². The summed E-state index contributed by atoms with van der Waals surface area (Å²) in [5.41, 5.74) is 2.09. The number of methoxy groups -OCH3 is 1. The molecule has 2 aromatic carbocycles. The van der Waals surface area contributed by atoms with Crippen molar-refractivity contribution in [1.82, 2.24) is 4.90 Å². The number of amides is 1. The number of hydrogen-bond acceptors (Lipinski definition) is 2. The second-order valence-corrected chi connectivity index (χ2v) is 5.93. The third-order valence-corrected chi connectivity index (χ3v) is 4.39. The maximum Gasteiger partial charge on any atom is 0.254 e. The molecule has 128 valence electrons. The van der Waals surface area contributed by atoms with E-state index in [4.69, 9.17) is 4.74 Å². The summed E-state index contributed by atoms with van der Waals surface area (Å²) in [4.78, 5) is 16.0. The molecule has 4 nitrogen and oxygen atoms in total. The fourth-order valence-corrected chi connectivity index (χ4v) is 3.00. The number of nitrogens with one attached hydrogen (secondary N) is 1. The number of benzene rings is 2. The van der Waals surface area contributed by atoms with Crippen molar-refractivity contribution in [3.63, 3.8) is 0 Å². The Kier molecular flexibility index (Phi) is 6.64. The molecule has 0 aromatic heterocycles. The summed E-state index contributed by atoms with van der Waals surface area (Å²) in [6.07, 6.45) is 0. The molecular weight excluding hydrogens is 324 g/mol. The van der Waals surface area contributed by atoms with Crippen LogP contribution < -0.4 is 22.0 Å². The smallest absolute Gasteiger partial charge is 0.254 e. The highest BCUT2D eigenvalue weighted by Gasteiger charge is 2.24. The Labute approximate surface area is 149 Å². The molecule has 3 rings (SSSR count). The van der Waals surface area contributed by atoms with Crippen LogP contribution in [0.3, 0.4) is 0 Å². The second kappa shape index (κ2) is 8.71. The molecule has 0 spiro atoms. The number of halogens is 1. The van der Waals surface area contributed by atoms with E-state index >= 15 is 0 Å². The van der Waals surface area contributed by atoms with Gasteiger partial charge in [-0.1, -0.05) is 30.3 Å². The van der Waals surface area contributed by atoms with Crippen LogP contribution in [-0.2, 0) is 6.54 Å². The molecule has 1 fully saturated rings. The number of carbonyl (C=O) groups excluding carboxylic acids is 1. The zero-order valence-electron chi connectivity index (χ0n) is 13.9. The Bertz CT molecular complexity index is 638. The van der Waals surface area contributed by atoms with Gasteiger partial charge in [0.05, 0.1) is 33.3 Å². The van der Waals surface area contributed by atoms with Crippen LogP contribution in [0, 0.1) is 0 Å². The monoisotopic (exact) mass is 346 g/mol. The van der Waals surface area contributed by atoms with Crippen LogP contribution in [0.5, 0.6) is 5.75 Å². The molecule has 5 heteroatoms. The molecule has 0 saturated carbocycles. The van der Waals surface area contributed by atoms with Crippen LogP contribution in [0.2, 0.25) is 0 Å². The van der Waals surface area contributed by atoms with E-state index in [0.717, 1.165) is 44.0 Å². The molecule has 1 saturated heterocycles. The lowest BCUT2D eigenvalue weighted by atomic mass is 10.1. The van der Waals surface area contributed by atoms with E-state index in [9.17, 15) is 4.79 Å². The van der Waals surface area contributed by atoms with E-state index in [1.165, 1.54) is 10.5 Å². The molecule has 2 aromatic rings. The third kappa shape index (κ3) is 4.49.